The van der Waals surface area contributed by atoms with Gasteiger partial charge in [-0.05, 0) is 25.5 Å². The minimum absolute atomic E-state index is 0.0208. The van der Waals surface area contributed by atoms with Crippen molar-refractivity contribution in [2.45, 2.75) is 45.7 Å². The van der Waals surface area contributed by atoms with Gasteiger partial charge in [0.15, 0.2) is 0 Å². The summed E-state index contributed by atoms with van der Waals surface area (Å²) in [7, 11) is 1.76. The lowest BCUT2D eigenvalue weighted by Crippen LogP contribution is -2.41. The molecule has 0 fully saturated rings. The monoisotopic (exact) mass is 238 g/mol. The van der Waals surface area contributed by atoms with Crippen molar-refractivity contribution in [3.05, 3.63) is 23.7 Å². The quantitative estimate of drug-likeness (QED) is 0.825. The first-order valence-electron chi connectivity index (χ1n) is 6.10. The van der Waals surface area contributed by atoms with Crippen LogP contribution >= 0.6 is 0 Å². The Hall–Kier alpha value is -1.29. The van der Waals surface area contributed by atoms with Gasteiger partial charge in [0.2, 0.25) is 5.91 Å². The van der Waals surface area contributed by atoms with Crippen LogP contribution in [0.4, 0.5) is 0 Å². The first-order valence-corrected chi connectivity index (χ1v) is 6.10. The molecule has 1 rings (SSSR count). The van der Waals surface area contributed by atoms with E-state index in [4.69, 9.17) is 10.2 Å². The van der Waals surface area contributed by atoms with E-state index in [1.807, 2.05) is 19.1 Å². The van der Waals surface area contributed by atoms with Crippen LogP contribution in [0, 0.1) is 6.92 Å². The van der Waals surface area contributed by atoms with Crippen LogP contribution < -0.4 is 5.73 Å². The van der Waals surface area contributed by atoms with Crippen molar-refractivity contribution < 1.29 is 9.21 Å². The molecule has 0 aliphatic carbocycles. The normalized spacial score (nSPS) is 12.5. The predicted molar refractivity (Wildman–Crippen MR) is 67.4 cm³/mol. The summed E-state index contributed by atoms with van der Waals surface area (Å²) < 4.78 is 5.43. The minimum Gasteiger partial charge on any atom is -0.464 e. The largest absolute Gasteiger partial charge is 0.464 e. The Morgan fingerprint density at radius 1 is 1.53 bits per heavy atom. The number of nitrogens with two attached hydrogens (primary N) is 1. The van der Waals surface area contributed by atoms with E-state index in [-0.39, 0.29) is 5.91 Å². The summed E-state index contributed by atoms with van der Waals surface area (Å²) in [6, 6.07) is 3.39. The molecule has 2 N–H and O–H groups in total. The Morgan fingerprint density at radius 2 is 2.24 bits per heavy atom. The highest BCUT2D eigenvalue weighted by atomic mass is 16.3. The van der Waals surface area contributed by atoms with E-state index in [1.165, 1.54) is 0 Å². The van der Waals surface area contributed by atoms with Crippen molar-refractivity contribution in [2.75, 3.05) is 7.05 Å². The number of carbonyl (C=O) groups is 1. The molecule has 1 heterocycles. The van der Waals surface area contributed by atoms with Crippen molar-refractivity contribution in [3.63, 3.8) is 0 Å². The fourth-order valence-electron chi connectivity index (χ4n) is 1.71. The van der Waals surface area contributed by atoms with Gasteiger partial charge in [0.1, 0.15) is 11.5 Å². The number of carbonyl (C=O) groups excluding carboxylic acids is 1. The molecule has 1 aromatic rings. The standard InChI is InChI=1S/C13H22N2O2/c1-4-5-6-12(14)13(16)15(3)9-11-8-7-10(2)17-11/h7-8,12H,4-6,9,14H2,1-3H3/t12-/m0/s1. The molecule has 17 heavy (non-hydrogen) atoms. The maximum Gasteiger partial charge on any atom is 0.239 e. The van der Waals surface area contributed by atoms with Gasteiger partial charge in [0.05, 0.1) is 12.6 Å². The number of amides is 1. The highest BCUT2D eigenvalue weighted by Gasteiger charge is 2.18. The molecule has 0 aliphatic heterocycles. The third kappa shape index (κ3) is 4.23. The molecule has 0 radical (unpaired) electrons. The van der Waals surface area contributed by atoms with E-state index < -0.39 is 6.04 Å². The molecule has 1 aromatic heterocycles. The van der Waals surface area contributed by atoms with Crippen LogP contribution in [-0.2, 0) is 11.3 Å². The Balaban J connectivity index is 2.46. The van der Waals surface area contributed by atoms with Crippen LogP contribution in [0.3, 0.4) is 0 Å². The Kier molecular flexibility index (Phi) is 5.22. The maximum absolute atomic E-state index is 11.9. The topological polar surface area (TPSA) is 59.5 Å². The van der Waals surface area contributed by atoms with E-state index in [1.54, 1.807) is 11.9 Å². The molecule has 96 valence electrons. The zero-order chi connectivity index (χ0) is 12.8. The highest BCUT2D eigenvalue weighted by molar-refractivity contribution is 5.81. The number of aryl methyl sites for hydroxylation is 1. The first kappa shape index (κ1) is 13.8. The molecule has 0 bridgehead atoms. The number of furan rings is 1. The van der Waals surface area contributed by atoms with Crippen LogP contribution in [0.1, 0.15) is 37.7 Å². The van der Waals surface area contributed by atoms with Crippen LogP contribution in [0.5, 0.6) is 0 Å². The molecule has 4 heteroatoms. The second kappa shape index (κ2) is 6.45. The lowest BCUT2D eigenvalue weighted by molar-refractivity contribution is -0.132. The van der Waals surface area contributed by atoms with Crippen molar-refractivity contribution in [2.24, 2.45) is 5.73 Å². The van der Waals surface area contributed by atoms with Crippen LogP contribution in [0.2, 0.25) is 0 Å². The van der Waals surface area contributed by atoms with Gasteiger partial charge in [-0.2, -0.15) is 0 Å². The van der Waals surface area contributed by atoms with Gasteiger partial charge in [-0.25, -0.2) is 0 Å². The molecule has 1 atom stereocenters. The van der Waals surface area contributed by atoms with E-state index in [0.29, 0.717) is 6.54 Å². The molecule has 0 saturated heterocycles. The van der Waals surface area contributed by atoms with Gasteiger partial charge in [0, 0.05) is 7.05 Å². The first-order chi connectivity index (χ1) is 8.04. The molecule has 1 amide bonds. The fraction of sp³-hybridized carbons (Fsp3) is 0.615. The average Bonchev–Trinajstić information content (AvgIpc) is 2.70. The third-order valence-electron chi connectivity index (χ3n) is 2.75. The summed E-state index contributed by atoms with van der Waals surface area (Å²) in [5.41, 5.74) is 5.84. The van der Waals surface area contributed by atoms with Gasteiger partial charge >= 0.3 is 0 Å². The second-order valence-corrected chi connectivity index (χ2v) is 4.46. The Morgan fingerprint density at radius 3 is 2.76 bits per heavy atom. The number of hydrogen-bond acceptors (Lipinski definition) is 3. The highest BCUT2D eigenvalue weighted by Crippen LogP contribution is 2.10. The smallest absolute Gasteiger partial charge is 0.239 e. The zero-order valence-electron chi connectivity index (χ0n) is 10.9. The molecule has 0 aliphatic rings. The Labute approximate surface area is 103 Å². The lowest BCUT2D eigenvalue weighted by Gasteiger charge is -2.20. The van der Waals surface area contributed by atoms with E-state index in [2.05, 4.69) is 6.92 Å². The second-order valence-electron chi connectivity index (χ2n) is 4.46. The third-order valence-corrected chi connectivity index (χ3v) is 2.75. The lowest BCUT2D eigenvalue weighted by atomic mass is 10.1. The molecule has 0 saturated carbocycles. The summed E-state index contributed by atoms with van der Waals surface area (Å²) >= 11 is 0. The summed E-state index contributed by atoms with van der Waals surface area (Å²) in [6.45, 7) is 4.46. The SMILES string of the molecule is CCCC[C@H](N)C(=O)N(C)Cc1ccc(C)o1. The molecule has 0 unspecified atom stereocenters. The number of nitrogens with zero attached hydrogens (tertiary/aromatic N) is 1. The van der Waals surface area contributed by atoms with Crippen molar-refractivity contribution in [1.82, 2.24) is 4.90 Å². The van der Waals surface area contributed by atoms with Gasteiger partial charge in [-0.1, -0.05) is 19.8 Å². The van der Waals surface area contributed by atoms with Crippen LogP contribution in [-0.4, -0.2) is 23.9 Å². The summed E-state index contributed by atoms with van der Waals surface area (Å²) in [6.07, 6.45) is 2.79. The molecule has 0 aromatic carbocycles. The van der Waals surface area contributed by atoms with Gasteiger partial charge in [0.25, 0.3) is 0 Å². The fourth-order valence-corrected chi connectivity index (χ4v) is 1.71. The van der Waals surface area contributed by atoms with Crippen molar-refractivity contribution in [3.8, 4) is 0 Å². The van der Waals surface area contributed by atoms with Crippen LogP contribution in [0.15, 0.2) is 16.5 Å². The van der Waals surface area contributed by atoms with Crippen LogP contribution in [0.25, 0.3) is 0 Å². The predicted octanol–water partition coefficient (Wildman–Crippen LogP) is 2.06. The number of rotatable bonds is 6. The van der Waals surface area contributed by atoms with Crippen molar-refractivity contribution >= 4 is 5.91 Å². The summed E-state index contributed by atoms with van der Waals surface area (Å²) in [5, 5.41) is 0. The van der Waals surface area contributed by atoms with E-state index >= 15 is 0 Å². The van der Waals surface area contributed by atoms with Gasteiger partial charge in [-0.15, -0.1) is 0 Å². The van der Waals surface area contributed by atoms with Crippen molar-refractivity contribution in [1.29, 1.82) is 0 Å². The zero-order valence-corrected chi connectivity index (χ0v) is 10.9. The van der Waals surface area contributed by atoms with Gasteiger partial charge < -0.3 is 15.1 Å². The molecular weight excluding hydrogens is 216 g/mol. The average molecular weight is 238 g/mol. The molecule has 0 spiro atoms. The molecule has 4 nitrogen and oxygen atoms in total. The van der Waals surface area contributed by atoms with Gasteiger partial charge in [-0.3, -0.25) is 4.79 Å². The maximum atomic E-state index is 11.9. The number of unbranched alkanes of at least 4 members (excludes halogenated alkanes) is 1. The van der Waals surface area contributed by atoms with E-state index in [9.17, 15) is 4.79 Å². The summed E-state index contributed by atoms with van der Waals surface area (Å²) in [4.78, 5) is 13.5. The Bertz CT molecular complexity index is 360. The summed E-state index contributed by atoms with van der Waals surface area (Å²) in [5.74, 6) is 1.63. The number of likely N-dealkylation sites (N-methyl/N-ethyl adjacent to an activating group) is 1. The minimum atomic E-state index is -0.393. The molecular formula is C13H22N2O2. The van der Waals surface area contributed by atoms with E-state index in [0.717, 1.165) is 30.8 Å². The number of hydrogen-bond donors (Lipinski definition) is 1.